The fourth-order valence-electron chi connectivity index (χ4n) is 3.07. The van der Waals surface area contributed by atoms with Gasteiger partial charge in [0.1, 0.15) is 11.6 Å². The van der Waals surface area contributed by atoms with E-state index in [2.05, 4.69) is 10.6 Å². The molecule has 126 valence electrons. The molecule has 2 aromatic carbocycles. The van der Waals surface area contributed by atoms with Crippen molar-refractivity contribution < 1.29 is 13.9 Å². The molecule has 3 rings (SSSR count). The van der Waals surface area contributed by atoms with E-state index < -0.39 is 0 Å². The molecule has 0 spiro atoms. The summed E-state index contributed by atoms with van der Waals surface area (Å²) in [7, 11) is 1.64. The number of amides is 1. The van der Waals surface area contributed by atoms with Crippen molar-refractivity contribution >= 4 is 5.91 Å². The average molecular weight is 328 g/mol. The second-order valence-electron chi connectivity index (χ2n) is 5.98. The average Bonchev–Trinajstić information content (AvgIpc) is 2.61. The summed E-state index contributed by atoms with van der Waals surface area (Å²) in [4.78, 5) is 11.8. The zero-order valence-electron chi connectivity index (χ0n) is 13.6. The van der Waals surface area contributed by atoms with E-state index >= 15 is 0 Å². The summed E-state index contributed by atoms with van der Waals surface area (Å²) in [6.45, 7) is 0.656. The highest BCUT2D eigenvalue weighted by atomic mass is 19.1. The Bertz CT molecular complexity index is 720. The van der Waals surface area contributed by atoms with Crippen molar-refractivity contribution in [3.8, 4) is 5.75 Å². The SMILES string of the molecule is COc1cccc(CN[C@@H]2CCC(=O)N[C@H]2c2cccc(F)c2)c1. The molecule has 1 heterocycles. The summed E-state index contributed by atoms with van der Waals surface area (Å²) >= 11 is 0. The van der Waals surface area contributed by atoms with Crippen LogP contribution in [0.4, 0.5) is 4.39 Å². The maximum Gasteiger partial charge on any atom is 0.220 e. The monoisotopic (exact) mass is 328 g/mol. The van der Waals surface area contributed by atoms with Crippen LogP contribution in [0.5, 0.6) is 5.75 Å². The van der Waals surface area contributed by atoms with Crippen LogP contribution in [0.2, 0.25) is 0 Å². The molecule has 1 aliphatic rings. The number of piperidine rings is 1. The van der Waals surface area contributed by atoms with Crippen LogP contribution >= 0.6 is 0 Å². The van der Waals surface area contributed by atoms with Gasteiger partial charge in [-0.1, -0.05) is 24.3 Å². The van der Waals surface area contributed by atoms with E-state index in [9.17, 15) is 9.18 Å². The normalized spacial score (nSPS) is 20.5. The van der Waals surface area contributed by atoms with Crippen molar-refractivity contribution in [2.75, 3.05) is 7.11 Å². The second kappa shape index (κ2) is 7.45. The van der Waals surface area contributed by atoms with Gasteiger partial charge in [-0.25, -0.2) is 4.39 Å². The largest absolute Gasteiger partial charge is 0.497 e. The van der Waals surface area contributed by atoms with E-state index in [1.807, 2.05) is 30.3 Å². The first kappa shape index (κ1) is 16.5. The molecule has 1 saturated heterocycles. The number of nitrogens with one attached hydrogen (secondary N) is 2. The number of hydrogen-bond acceptors (Lipinski definition) is 3. The summed E-state index contributed by atoms with van der Waals surface area (Å²) in [5, 5.41) is 6.46. The number of carbonyl (C=O) groups is 1. The van der Waals surface area contributed by atoms with Crippen molar-refractivity contribution in [3.05, 3.63) is 65.5 Å². The molecule has 0 saturated carbocycles. The highest BCUT2D eigenvalue weighted by Crippen LogP contribution is 2.25. The van der Waals surface area contributed by atoms with Crippen LogP contribution in [0.1, 0.15) is 30.0 Å². The lowest BCUT2D eigenvalue weighted by Gasteiger charge is -2.33. The van der Waals surface area contributed by atoms with Crippen LogP contribution < -0.4 is 15.4 Å². The molecule has 24 heavy (non-hydrogen) atoms. The highest BCUT2D eigenvalue weighted by Gasteiger charge is 2.29. The van der Waals surface area contributed by atoms with Crippen molar-refractivity contribution in [2.45, 2.75) is 31.5 Å². The number of methoxy groups -OCH3 is 1. The highest BCUT2D eigenvalue weighted by molar-refractivity contribution is 5.77. The van der Waals surface area contributed by atoms with Crippen LogP contribution in [-0.2, 0) is 11.3 Å². The van der Waals surface area contributed by atoms with Crippen LogP contribution in [0, 0.1) is 5.82 Å². The van der Waals surface area contributed by atoms with E-state index in [4.69, 9.17) is 4.74 Å². The Labute approximate surface area is 141 Å². The van der Waals surface area contributed by atoms with E-state index in [1.54, 1.807) is 13.2 Å². The molecule has 0 unspecified atom stereocenters. The maximum absolute atomic E-state index is 13.5. The van der Waals surface area contributed by atoms with Gasteiger partial charge in [0.2, 0.25) is 5.91 Å². The summed E-state index contributed by atoms with van der Waals surface area (Å²) < 4.78 is 18.8. The van der Waals surface area contributed by atoms with Gasteiger partial charge in [0.25, 0.3) is 0 Å². The Morgan fingerprint density at radius 2 is 2.08 bits per heavy atom. The summed E-state index contributed by atoms with van der Waals surface area (Å²) in [6, 6.07) is 14.1. The van der Waals surface area contributed by atoms with Gasteiger partial charge in [0, 0.05) is 19.0 Å². The van der Waals surface area contributed by atoms with Crippen molar-refractivity contribution in [3.63, 3.8) is 0 Å². The van der Waals surface area contributed by atoms with Crippen molar-refractivity contribution in [1.29, 1.82) is 0 Å². The van der Waals surface area contributed by atoms with Gasteiger partial charge < -0.3 is 15.4 Å². The minimum atomic E-state index is -0.293. The van der Waals surface area contributed by atoms with Gasteiger partial charge in [-0.15, -0.1) is 0 Å². The molecule has 2 aromatic rings. The Morgan fingerprint density at radius 1 is 1.25 bits per heavy atom. The fraction of sp³-hybridized carbons (Fsp3) is 0.316. The summed E-state index contributed by atoms with van der Waals surface area (Å²) in [5.41, 5.74) is 1.88. The first-order valence-electron chi connectivity index (χ1n) is 8.07. The number of carbonyl (C=O) groups excluding carboxylic acids is 1. The molecular weight excluding hydrogens is 307 g/mol. The summed E-state index contributed by atoms with van der Waals surface area (Å²) in [5.74, 6) is 0.524. The van der Waals surface area contributed by atoms with Crippen molar-refractivity contribution in [2.24, 2.45) is 0 Å². The number of ether oxygens (including phenoxy) is 1. The predicted octanol–water partition coefficient (Wildman–Crippen LogP) is 2.94. The number of benzene rings is 2. The topological polar surface area (TPSA) is 50.4 Å². The molecular formula is C19H21FN2O2. The summed E-state index contributed by atoms with van der Waals surface area (Å²) in [6.07, 6.45) is 1.19. The van der Waals surface area contributed by atoms with E-state index in [0.29, 0.717) is 13.0 Å². The maximum atomic E-state index is 13.5. The molecule has 1 amide bonds. The predicted molar refractivity (Wildman–Crippen MR) is 90.1 cm³/mol. The Hall–Kier alpha value is -2.40. The minimum absolute atomic E-state index is 0.00342. The molecule has 5 heteroatoms. The van der Waals surface area contributed by atoms with Gasteiger partial charge in [-0.2, -0.15) is 0 Å². The first-order valence-corrected chi connectivity index (χ1v) is 8.07. The van der Waals surface area contributed by atoms with E-state index in [0.717, 1.165) is 23.3 Å². The van der Waals surface area contributed by atoms with E-state index in [-0.39, 0.29) is 23.8 Å². The molecule has 0 radical (unpaired) electrons. The lowest BCUT2D eigenvalue weighted by molar-refractivity contribution is -0.123. The number of halogens is 1. The van der Waals surface area contributed by atoms with Crippen LogP contribution in [0.25, 0.3) is 0 Å². The van der Waals surface area contributed by atoms with Gasteiger partial charge in [-0.05, 0) is 41.8 Å². The second-order valence-corrected chi connectivity index (χ2v) is 5.98. The van der Waals surface area contributed by atoms with Gasteiger partial charge in [0.05, 0.1) is 13.2 Å². The third-order valence-corrected chi connectivity index (χ3v) is 4.31. The van der Waals surface area contributed by atoms with Gasteiger partial charge >= 0.3 is 0 Å². The molecule has 2 atom stereocenters. The smallest absolute Gasteiger partial charge is 0.220 e. The fourth-order valence-corrected chi connectivity index (χ4v) is 3.07. The third kappa shape index (κ3) is 3.92. The molecule has 4 nitrogen and oxygen atoms in total. The number of rotatable bonds is 5. The first-order chi connectivity index (χ1) is 11.7. The molecule has 0 aliphatic carbocycles. The molecule has 1 fully saturated rings. The molecule has 0 bridgehead atoms. The zero-order chi connectivity index (χ0) is 16.9. The van der Waals surface area contributed by atoms with E-state index in [1.165, 1.54) is 12.1 Å². The lowest BCUT2D eigenvalue weighted by Crippen LogP contribution is -2.48. The minimum Gasteiger partial charge on any atom is -0.497 e. The Kier molecular flexibility index (Phi) is 5.11. The van der Waals surface area contributed by atoms with Crippen molar-refractivity contribution in [1.82, 2.24) is 10.6 Å². The van der Waals surface area contributed by atoms with Gasteiger partial charge in [0.15, 0.2) is 0 Å². The molecule has 1 aliphatic heterocycles. The van der Waals surface area contributed by atoms with Crippen LogP contribution in [-0.4, -0.2) is 19.1 Å². The van der Waals surface area contributed by atoms with Crippen LogP contribution in [0.3, 0.4) is 0 Å². The Morgan fingerprint density at radius 3 is 2.88 bits per heavy atom. The molecule has 0 aromatic heterocycles. The van der Waals surface area contributed by atoms with Crippen LogP contribution in [0.15, 0.2) is 48.5 Å². The zero-order valence-corrected chi connectivity index (χ0v) is 13.6. The quantitative estimate of drug-likeness (QED) is 0.887. The third-order valence-electron chi connectivity index (χ3n) is 4.31. The van der Waals surface area contributed by atoms with Gasteiger partial charge in [-0.3, -0.25) is 4.79 Å². The Balaban J connectivity index is 1.73. The number of hydrogen-bond donors (Lipinski definition) is 2. The standard InChI is InChI=1S/C19H21FN2O2/c1-24-16-7-2-4-13(10-16)12-21-17-8-9-18(23)22-19(17)14-5-3-6-15(20)11-14/h2-7,10-11,17,19,21H,8-9,12H2,1H3,(H,22,23)/t17-,19+/m1/s1. The lowest BCUT2D eigenvalue weighted by atomic mass is 9.91. The molecule has 2 N–H and O–H groups in total.